The minimum atomic E-state index is -0.0745. The number of aromatic nitrogens is 2. The maximum absolute atomic E-state index is 5.73. The molecule has 0 fully saturated rings. The maximum atomic E-state index is 5.73. The zero-order valence-electron chi connectivity index (χ0n) is 12.8. The number of rotatable bonds is 4. The van der Waals surface area contributed by atoms with Gasteiger partial charge in [-0.1, -0.05) is 39.0 Å². The van der Waals surface area contributed by atoms with E-state index >= 15 is 0 Å². The molecular weight excluding hydrogens is 330 g/mol. The Kier molecular flexibility index (Phi) is 4.83. The van der Waals surface area contributed by atoms with Gasteiger partial charge in [0, 0.05) is 12.5 Å². The van der Waals surface area contributed by atoms with Crippen LogP contribution in [0.2, 0.25) is 0 Å². The number of hydrogen-bond donors (Lipinski definition) is 1. The first-order valence-electron chi connectivity index (χ1n) is 6.84. The van der Waals surface area contributed by atoms with E-state index in [4.69, 9.17) is 4.74 Å². The van der Waals surface area contributed by atoms with Crippen molar-refractivity contribution in [3.8, 4) is 5.75 Å². The van der Waals surface area contributed by atoms with Crippen LogP contribution in [-0.2, 0) is 12.0 Å². The number of ether oxygens (including phenoxy) is 1. The molecule has 4 nitrogen and oxygen atoms in total. The molecule has 1 N–H and O–H groups in total. The molecule has 0 aliphatic rings. The van der Waals surface area contributed by atoms with E-state index in [1.165, 1.54) is 0 Å². The highest BCUT2D eigenvalue weighted by molar-refractivity contribution is 9.10. The van der Waals surface area contributed by atoms with Gasteiger partial charge in [-0.2, -0.15) is 0 Å². The first-order chi connectivity index (χ1) is 9.91. The molecule has 1 heterocycles. The Morgan fingerprint density at radius 1 is 1.14 bits per heavy atom. The predicted molar refractivity (Wildman–Crippen MR) is 88.8 cm³/mol. The number of halogens is 1. The van der Waals surface area contributed by atoms with Crippen LogP contribution in [0.1, 0.15) is 32.3 Å². The molecule has 0 amide bonds. The summed E-state index contributed by atoms with van der Waals surface area (Å²) in [4.78, 5) is 9.13. The van der Waals surface area contributed by atoms with E-state index in [9.17, 15) is 0 Å². The quantitative estimate of drug-likeness (QED) is 0.900. The van der Waals surface area contributed by atoms with Gasteiger partial charge in [0.15, 0.2) is 5.82 Å². The lowest BCUT2D eigenvalue weighted by Gasteiger charge is -2.21. The Morgan fingerprint density at radius 3 is 2.38 bits per heavy atom. The van der Waals surface area contributed by atoms with Crippen molar-refractivity contribution in [3.05, 3.63) is 46.3 Å². The summed E-state index contributed by atoms with van der Waals surface area (Å²) in [5.41, 5.74) is 0.892. The van der Waals surface area contributed by atoms with E-state index in [1.54, 1.807) is 0 Å². The van der Waals surface area contributed by atoms with Gasteiger partial charge in [-0.05, 0) is 28.1 Å². The normalized spacial score (nSPS) is 11.3. The van der Waals surface area contributed by atoms with Crippen molar-refractivity contribution in [2.75, 3.05) is 12.4 Å². The summed E-state index contributed by atoms with van der Waals surface area (Å²) >= 11 is 3.58. The molecule has 2 aromatic rings. The minimum absolute atomic E-state index is 0.0745. The van der Waals surface area contributed by atoms with E-state index < -0.39 is 0 Å². The summed E-state index contributed by atoms with van der Waals surface area (Å²) in [5.74, 6) is 2.25. The molecule has 1 aromatic carbocycles. The van der Waals surface area contributed by atoms with E-state index in [0.717, 1.165) is 21.7 Å². The summed E-state index contributed by atoms with van der Waals surface area (Å²) in [6.45, 7) is 6.72. The third kappa shape index (κ3) is 3.94. The minimum Gasteiger partial charge on any atom is -0.486 e. The smallest absolute Gasteiger partial charge is 0.168 e. The summed E-state index contributed by atoms with van der Waals surface area (Å²) in [7, 11) is 1.85. The predicted octanol–water partition coefficient (Wildman–Crippen LogP) is 4.16. The van der Waals surface area contributed by atoms with E-state index in [2.05, 4.69) is 52.0 Å². The number of hydrogen-bond acceptors (Lipinski definition) is 4. The van der Waals surface area contributed by atoms with Crippen LogP contribution in [0.4, 0.5) is 5.82 Å². The van der Waals surface area contributed by atoms with Crippen molar-refractivity contribution >= 4 is 21.7 Å². The van der Waals surface area contributed by atoms with Crippen molar-refractivity contribution in [1.82, 2.24) is 9.97 Å². The standard InChI is InChI=1S/C16H20BrN3O/c1-16(2,3)14-13(17)15(18-4)20-12(19-14)10-21-11-8-6-5-7-9-11/h5-9H,10H2,1-4H3,(H,18,19,20). The van der Waals surface area contributed by atoms with Crippen LogP contribution in [0.15, 0.2) is 34.8 Å². The second-order valence-electron chi connectivity index (χ2n) is 5.75. The van der Waals surface area contributed by atoms with E-state index in [1.807, 2.05) is 37.4 Å². The molecule has 2 rings (SSSR count). The van der Waals surface area contributed by atoms with Crippen LogP contribution >= 0.6 is 15.9 Å². The van der Waals surface area contributed by atoms with E-state index in [-0.39, 0.29) is 5.41 Å². The first-order valence-corrected chi connectivity index (χ1v) is 7.63. The molecule has 0 aliphatic carbocycles. The maximum Gasteiger partial charge on any atom is 0.168 e. The second-order valence-corrected chi connectivity index (χ2v) is 6.55. The van der Waals surface area contributed by atoms with Crippen LogP contribution in [-0.4, -0.2) is 17.0 Å². The molecule has 1 aromatic heterocycles. The SMILES string of the molecule is CNc1nc(COc2ccccc2)nc(C(C)(C)C)c1Br. The fourth-order valence-corrected chi connectivity index (χ4v) is 2.86. The fourth-order valence-electron chi connectivity index (χ4n) is 1.89. The molecular formula is C16H20BrN3O. The lowest BCUT2D eigenvalue weighted by atomic mass is 9.92. The molecule has 0 aliphatic heterocycles. The van der Waals surface area contributed by atoms with Crippen LogP contribution in [0.5, 0.6) is 5.75 Å². The van der Waals surface area contributed by atoms with Gasteiger partial charge in [0.1, 0.15) is 18.2 Å². The zero-order valence-corrected chi connectivity index (χ0v) is 14.4. The topological polar surface area (TPSA) is 47.0 Å². The average Bonchev–Trinajstić information content (AvgIpc) is 2.46. The monoisotopic (exact) mass is 349 g/mol. The summed E-state index contributed by atoms with van der Waals surface area (Å²) in [6.07, 6.45) is 0. The largest absolute Gasteiger partial charge is 0.486 e. The molecule has 112 valence electrons. The molecule has 0 saturated carbocycles. The third-order valence-corrected chi connectivity index (χ3v) is 3.71. The molecule has 0 radical (unpaired) electrons. The molecule has 0 unspecified atom stereocenters. The molecule has 0 saturated heterocycles. The summed E-state index contributed by atoms with van der Waals surface area (Å²) in [5, 5.41) is 3.09. The number of anilines is 1. The van der Waals surface area contributed by atoms with Gasteiger partial charge in [-0.25, -0.2) is 9.97 Å². The highest BCUT2D eigenvalue weighted by atomic mass is 79.9. The van der Waals surface area contributed by atoms with Crippen LogP contribution < -0.4 is 10.1 Å². The number of nitrogens with one attached hydrogen (secondary N) is 1. The Labute approximate surface area is 134 Å². The van der Waals surface area contributed by atoms with Crippen molar-refractivity contribution < 1.29 is 4.74 Å². The Balaban J connectivity index is 2.27. The number of benzene rings is 1. The molecule has 0 bridgehead atoms. The van der Waals surface area contributed by atoms with Crippen molar-refractivity contribution in [1.29, 1.82) is 0 Å². The van der Waals surface area contributed by atoms with Crippen molar-refractivity contribution in [3.63, 3.8) is 0 Å². The van der Waals surface area contributed by atoms with Crippen LogP contribution in [0.3, 0.4) is 0 Å². The highest BCUT2D eigenvalue weighted by Crippen LogP contribution is 2.32. The lowest BCUT2D eigenvalue weighted by Crippen LogP contribution is -2.18. The molecule has 5 heteroatoms. The molecule has 0 spiro atoms. The van der Waals surface area contributed by atoms with Gasteiger partial charge in [0.25, 0.3) is 0 Å². The molecule has 0 atom stereocenters. The van der Waals surface area contributed by atoms with Gasteiger partial charge in [-0.15, -0.1) is 0 Å². The van der Waals surface area contributed by atoms with Gasteiger partial charge in [0.05, 0.1) is 10.2 Å². The third-order valence-electron chi connectivity index (χ3n) is 2.96. The lowest BCUT2D eigenvalue weighted by molar-refractivity contribution is 0.294. The van der Waals surface area contributed by atoms with Gasteiger partial charge in [0.2, 0.25) is 0 Å². The molecule has 21 heavy (non-hydrogen) atoms. The summed E-state index contributed by atoms with van der Waals surface area (Å²) < 4.78 is 6.63. The zero-order chi connectivity index (χ0) is 15.5. The number of para-hydroxylation sites is 1. The number of nitrogens with zero attached hydrogens (tertiary/aromatic N) is 2. The van der Waals surface area contributed by atoms with Gasteiger partial charge < -0.3 is 10.1 Å². The van der Waals surface area contributed by atoms with Crippen LogP contribution in [0, 0.1) is 0 Å². The van der Waals surface area contributed by atoms with Crippen molar-refractivity contribution in [2.45, 2.75) is 32.8 Å². The Morgan fingerprint density at radius 2 is 1.81 bits per heavy atom. The Bertz CT molecular complexity index is 609. The fraction of sp³-hybridized carbons (Fsp3) is 0.375. The first kappa shape index (κ1) is 15.8. The van der Waals surface area contributed by atoms with Crippen molar-refractivity contribution in [2.24, 2.45) is 0 Å². The van der Waals surface area contributed by atoms with E-state index in [0.29, 0.717) is 12.4 Å². The van der Waals surface area contributed by atoms with Crippen LogP contribution in [0.25, 0.3) is 0 Å². The highest BCUT2D eigenvalue weighted by Gasteiger charge is 2.23. The van der Waals surface area contributed by atoms with Gasteiger partial charge in [-0.3, -0.25) is 0 Å². The second kappa shape index (κ2) is 6.43. The van der Waals surface area contributed by atoms with Gasteiger partial charge >= 0.3 is 0 Å². The summed E-state index contributed by atoms with van der Waals surface area (Å²) in [6, 6.07) is 9.68. The average molecular weight is 350 g/mol. The Hall–Kier alpha value is -1.62.